The lowest BCUT2D eigenvalue weighted by atomic mass is 10.1. The molecule has 1 aliphatic carbocycles. The number of amides is 1. The van der Waals surface area contributed by atoms with E-state index in [0.717, 1.165) is 24.0 Å². The molecule has 0 radical (unpaired) electrons. The Morgan fingerprint density at radius 3 is 2.90 bits per heavy atom. The van der Waals surface area contributed by atoms with Gasteiger partial charge in [0, 0.05) is 43.8 Å². The number of aromatic nitrogens is 3. The van der Waals surface area contributed by atoms with E-state index in [1.165, 1.54) is 0 Å². The zero-order valence-corrected chi connectivity index (χ0v) is 12.0. The molecule has 110 valence electrons. The first-order valence-electron chi connectivity index (χ1n) is 7.08. The Balaban J connectivity index is 1.76. The van der Waals surface area contributed by atoms with Crippen LogP contribution in [-0.4, -0.2) is 31.6 Å². The van der Waals surface area contributed by atoms with Crippen molar-refractivity contribution in [2.24, 2.45) is 12.8 Å². The van der Waals surface area contributed by atoms with Gasteiger partial charge < -0.3 is 10.6 Å². The molecule has 2 heterocycles. The van der Waals surface area contributed by atoms with Gasteiger partial charge in [-0.25, -0.2) is 0 Å². The molecule has 0 spiro atoms. The van der Waals surface area contributed by atoms with Gasteiger partial charge in [-0.3, -0.25) is 14.5 Å². The Kier molecular flexibility index (Phi) is 3.70. The minimum atomic E-state index is -0.657. The van der Waals surface area contributed by atoms with Gasteiger partial charge in [0.2, 0.25) is 5.91 Å². The van der Waals surface area contributed by atoms with Crippen LogP contribution < -0.4 is 5.73 Å². The Hall–Kier alpha value is -2.21. The summed E-state index contributed by atoms with van der Waals surface area (Å²) in [7, 11) is 1.81. The lowest BCUT2D eigenvalue weighted by Crippen LogP contribution is -2.39. The van der Waals surface area contributed by atoms with E-state index in [0.29, 0.717) is 12.6 Å². The predicted octanol–water partition coefficient (Wildman–Crippen LogP) is 1.01. The van der Waals surface area contributed by atoms with Crippen LogP contribution in [-0.2, 0) is 18.4 Å². The predicted molar refractivity (Wildman–Crippen MR) is 77.9 cm³/mol. The molecule has 6 nitrogen and oxygen atoms in total. The summed E-state index contributed by atoms with van der Waals surface area (Å²) in [5, 5.41) is 4.08. The molecule has 1 amide bonds. The number of carbonyl (C=O) groups is 1. The summed E-state index contributed by atoms with van der Waals surface area (Å²) in [5.74, 6) is -0.0469. The molecule has 1 aliphatic rings. The quantitative estimate of drug-likeness (QED) is 0.889. The minimum Gasteiger partial charge on any atom is -0.334 e. The first-order valence-corrected chi connectivity index (χ1v) is 7.08. The molecule has 2 aromatic rings. The summed E-state index contributed by atoms with van der Waals surface area (Å²) in [4.78, 5) is 18.7. The molecule has 0 saturated heterocycles. The van der Waals surface area contributed by atoms with Crippen LogP contribution in [0.4, 0.5) is 0 Å². The third-order valence-electron chi connectivity index (χ3n) is 3.70. The highest BCUT2D eigenvalue weighted by Crippen LogP contribution is 2.30. The molecule has 1 fully saturated rings. The lowest BCUT2D eigenvalue weighted by Gasteiger charge is -2.25. The van der Waals surface area contributed by atoms with Crippen LogP contribution in [0.25, 0.3) is 0 Å². The highest BCUT2D eigenvalue weighted by molar-refractivity contribution is 5.83. The lowest BCUT2D eigenvalue weighted by molar-refractivity contribution is -0.134. The molecular formula is C15H19N5O. The minimum absolute atomic E-state index is 0.0469. The highest BCUT2D eigenvalue weighted by Gasteiger charge is 2.35. The van der Waals surface area contributed by atoms with E-state index in [1.807, 2.05) is 24.1 Å². The monoisotopic (exact) mass is 285 g/mol. The summed E-state index contributed by atoms with van der Waals surface area (Å²) < 4.78 is 1.66. The molecule has 3 rings (SSSR count). The van der Waals surface area contributed by atoms with Crippen molar-refractivity contribution >= 4 is 5.91 Å². The fourth-order valence-electron chi connectivity index (χ4n) is 2.38. The number of hydrogen-bond acceptors (Lipinski definition) is 4. The summed E-state index contributed by atoms with van der Waals surface area (Å²) in [6.07, 6.45) is 9.05. The van der Waals surface area contributed by atoms with E-state index in [9.17, 15) is 4.79 Å². The standard InChI is InChI=1S/C15H19N5O/c1-19-10-12(8-18-19)14(16)15(21)20(13-4-5-13)9-11-3-2-6-17-7-11/h2-3,6-8,10,13-14H,4-5,9,16H2,1H3. The van der Waals surface area contributed by atoms with Crippen LogP contribution >= 0.6 is 0 Å². The van der Waals surface area contributed by atoms with Crippen LogP contribution in [0.15, 0.2) is 36.9 Å². The van der Waals surface area contributed by atoms with Crippen molar-refractivity contribution in [1.82, 2.24) is 19.7 Å². The van der Waals surface area contributed by atoms with Crippen molar-refractivity contribution in [1.29, 1.82) is 0 Å². The molecule has 1 atom stereocenters. The molecule has 0 bridgehead atoms. The second kappa shape index (κ2) is 5.65. The fourth-order valence-corrected chi connectivity index (χ4v) is 2.38. The van der Waals surface area contributed by atoms with Gasteiger partial charge in [-0.2, -0.15) is 5.10 Å². The molecule has 21 heavy (non-hydrogen) atoms. The molecule has 2 N–H and O–H groups in total. The van der Waals surface area contributed by atoms with E-state index in [2.05, 4.69) is 10.1 Å². The van der Waals surface area contributed by atoms with Crippen molar-refractivity contribution in [3.8, 4) is 0 Å². The zero-order valence-electron chi connectivity index (χ0n) is 12.0. The summed E-state index contributed by atoms with van der Waals surface area (Å²) >= 11 is 0. The van der Waals surface area contributed by atoms with Crippen molar-refractivity contribution in [2.45, 2.75) is 31.5 Å². The van der Waals surface area contributed by atoms with Gasteiger partial charge in [0.15, 0.2) is 0 Å². The topological polar surface area (TPSA) is 77.0 Å². The van der Waals surface area contributed by atoms with Gasteiger partial charge in [-0.05, 0) is 24.5 Å². The second-order valence-electron chi connectivity index (χ2n) is 5.48. The zero-order chi connectivity index (χ0) is 14.8. The van der Waals surface area contributed by atoms with Crippen LogP contribution in [0.5, 0.6) is 0 Å². The number of pyridine rings is 1. The van der Waals surface area contributed by atoms with Crippen LogP contribution in [0, 0.1) is 0 Å². The maximum atomic E-state index is 12.7. The van der Waals surface area contributed by atoms with Gasteiger partial charge in [0.1, 0.15) is 6.04 Å². The number of nitrogens with zero attached hydrogens (tertiary/aromatic N) is 4. The maximum Gasteiger partial charge on any atom is 0.244 e. The smallest absolute Gasteiger partial charge is 0.244 e. The molecule has 1 saturated carbocycles. The number of carbonyl (C=O) groups excluding carboxylic acids is 1. The normalized spacial score (nSPS) is 15.7. The summed E-state index contributed by atoms with van der Waals surface area (Å²) in [6.45, 7) is 0.561. The van der Waals surface area contributed by atoms with Crippen LogP contribution in [0.2, 0.25) is 0 Å². The summed E-state index contributed by atoms with van der Waals surface area (Å²) in [6, 6.07) is 3.51. The molecule has 0 aliphatic heterocycles. The molecular weight excluding hydrogens is 266 g/mol. The Morgan fingerprint density at radius 2 is 2.33 bits per heavy atom. The third-order valence-corrected chi connectivity index (χ3v) is 3.70. The van der Waals surface area contributed by atoms with E-state index in [-0.39, 0.29) is 5.91 Å². The highest BCUT2D eigenvalue weighted by atomic mass is 16.2. The Bertz CT molecular complexity index is 620. The van der Waals surface area contributed by atoms with Gasteiger partial charge >= 0.3 is 0 Å². The van der Waals surface area contributed by atoms with E-state index in [4.69, 9.17) is 5.73 Å². The van der Waals surface area contributed by atoms with E-state index < -0.39 is 6.04 Å². The van der Waals surface area contributed by atoms with E-state index in [1.54, 1.807) is 29.5 Å². The van der Waals surface area contributed by atoms with Crippen molar-refractivity contribution in [3.05, 3.63) is 48.0 Å². The molecule has 0 aromatic carbocycles. The van der Waals surface area contributed by atoms with E-state index >= 15 is 0 Å². The Morgan fingerprint density at radius 1 is 1.52 bits per heavy atom. The summed E-state index contributed by atoms with van der Waals surface area (Å²) in [5.41, 5.74) is 7.89. The average Bonchev–Trinajstić information content (AvgIpc) is 3.25. The SMILES string of the molecule is Cn1cc(C(N)C(=O)N(Cc2cccnc2)C2CC2)cn1. The Labute approximate surface area is 123 Å². The van der Waals surface area contributed by atoms with Crippen molar-refractivity contribution in [2.75, 3.05) is 0 Å². The van der Waals surface area contributed by atoms with Crippen molar-refractivity contribution < 1.29 is 4.79 Å². The maximum absolute atomic E-state index is 12.7. The van der Waals surface area contributed by atoms with Gasteiger partial charge in [0.05, 0.1) is 6.20 Å². The number of rotatable bonds is 5. The number of aryl methyl sites for hydroxylation is 1. The first kappa shape index (κ1) is 13.8. The third kappa shape index (κ3) is 3.11. The molecule has 2 aromatic heterocycles. The molecule has 1 unspecified atom stereocenters. The van der Waals surface area contributed by atoms with Crippen molar-refractivity contribution in [3.63, 3.8) is 0 Å². The fraction of sp³-hybridized carbons (Fsp3) is 0.400. The van der Waals surface area contributed by atoms with Gasteiger partial charge in [-0.15, -0.1) is 0 Å². The number of hydrogen-bond donors (Lipinski definition) is 1. The van der Waals surface area contributed by atoms with Crippen LogP contribution in [0.3, 0.4) is 0 Å². The first-order chi connectivity index (χ1) is 10.1. The van der Waals surface area contributed by atoms with Gasteiger partial charge in [-0.1, -0.05) is 6.07 Å². The number of nitrogens with two attached hydrogens (primary N) is 1. The average molecular weight is 285 g/mol. The van der Waals surface area contributed by atoms with Crippen LogP contribution in [0.1, 0.15) is 30.0 Å². The second-order valence-corrected chi connectivity index (χ2v) is 5.48. The largest absolute Gasteiger partial charge is 0.334 e. The van der Waals surface area contributed by atoms with Gasteiger partial charge in [0.25, 0.3) is 0 Å². The molecule has 6 heteroatoms.